The van der Waals surface area contributed by atoms with Crippen molar-refractivity contribution in [3.05, 3.63) is 41.7 Å². The highest BCUT2D eigenvalue weighted by Crippen LogP contribution is 2.32. The van der Waals surface area contributed by atoms with Crippen LogP contribution < -0.4 is 10.6 Å². The molecule has 0 saturated carbocycles. The van der Waals surface area contributed by atoms with Gasteiger partial charge in [0.1, 0.15) is 0 Å². The van der Waals surface area contributed by atoms with E-state index in [1.807, 2.05) is 42.4 Å². The highest BCUT2D eigenvalue weighted by Gasteiger charge is 2.26. The predicted octanol–water partition coefficient (Wildman–Crippen LogP) is 3.68. The maximum atomic E-state index is 12.4. The second kappa shape index (κ2) is 9.45. The number of nitrogens with one attached hydrogen (secondary N) is 3. The lowest BCUT2D eigenvalue weighted by Gasteiger charge is -2.17. The van der Waals surface area contributed by atoms with Crippen molar-refractivity contribution in [1.29, 1.82) is 0 Å². The van der Waals surface area contributed by atoms with E-state index in [1.165, 1.54) is 0 Å². The summed E-state index contributed by atoms with van der Waals surface area (Å²) >= 11 is 6.42. The number of fused-ring (bicyclic) bond motifs is 1. The Kier molecular flexibility index (Phi) is 6.50. The van der Waals surface area contributed by atoms with Crippen LogP contribution in [0.4, 0.5) is 5.95 Å². The molecule has 3 aromatic rings. The second-order valence-electron chi connectivity index (χ2n) is 7.67. The number of H-pyrrole nitrogens is 1. The summed E-state index contributed by atoms with van der Waals surface area (Å²) in [4.78, 5) is 26.7. The van der Waals surface area contributed by atoms with Crippen LogP contribution in [-0.2, 0) is 4.79 Å². The van der Waals surface area contributed by atoms with Crippen molar-refractivity contribution in [3.8, 4) is 11.3 Å². The van der Waals surface area contributed by atoms with Crippen LogP contribution >= 0.6 is 11.6 Å². The third kappa shape index (κ3) is 4.57. The van der Waals surface area contributed by atoms with E-state index < -0.39 is 0 Å². The average Bonchev–Trinajstić information content (AvgIpc) is 3.40. The topological polar surface area (TPSA) is 85.9 Å². The number of aromatic amines is 1. The normalized spacial score (nSPS) is 16.3. The molecule has 2 aromatic heterocycles. The van der Waals surface area contributed by atoms with E-state index in [4.69, 9.17) is 11.6 Å². The zero-order valence-electron chi connectivity index (χ0n) is 17.1. The summed E-state index contributed by atoms with van der Waals surface area (Å²) in [5.41, 5.74) is 2.68. The van der Waals surface area contributed by atoms with Crippen molar-refractivity contribution >= 4 is 34.4 Å². The fourth-order valence-electron chi connectivity index (χ4n) is 3.92. The number of anilines is 1. The van der Waals surface area contributed by atoms with Gasteiger partial charge in [0.05, 0.1) is 16.9 Å². The van der Waals surface area contributed by atoms with Gasteiger partial charge in [0, 0.05) is 48.2 Å². The van der Waals surface area contributed by atoms with Crippen LogP contribution in [0.25, 0.3) is 22.2 Å². The molecule has 0 radical (unpaired) electrons. The smallest absolute Gasteiger partial charge is 0.223 e. The van der Waals surface area contributed by atoms with Crippen LogP contribution in [0.3, 0.4) is 0 Å². The Morgan fingerprint density at radius 2 is 2.20 bits per heavy atom. The van der Waals surface area contributed by atoms with Crippen LogP contribution in [0.15, 0.2) is 36.7 Å². The molecule has 1 aromatic carbocycles. The molecule has 1 aliphatic heterocycles. The summed E-state index contributed by atoms with van der Waals surface area (Å²) in [5, 5.41) is 8.08. The Morgan fingerprint density at radius 1 is 1.33 bits per heavy atom. The Balaban J connectivity index is 1.41. The molecule has 3 N–H and O–H groups in total. The van der Waals surface area contributed by atoms with Gasteiger partial charge in [0.15, 0.2) is 0 Å². The standard InChI is InChI=1S/C22H27ClN6O/c1-24-10-5-4-8-20(30)29-11-9-15(14-29)27-22-26-13-18(23)21(28-22)17-12-25-19-7-3-2-6-16(17)19/h2-3,6-7,12-13,15,24-25H,4-5,8-11,14H2,1H3,(H,26,27,28)/t15-/m1/s1. The Labute approximate surface area is 181 Å². The minimum Gasteiger partial charge on any atom is -0.360 e. The highest BCUT2D eigenvalue weighted by molar-refractivity contribution is 6.33. The predicted molar refractivity (Wildman–Crippen MR) is 121 cm³/mol. The second-order valence-corrected chi connectivity index (χ2v) is 8.08. The third-order valence-corrected chi connectivity index (χ3v) is 5.81. The first-order valence-electron chi connectivity index (χ1n) is 10.4. The van der Waals surface area contributed by atoms with Crippen molar-refractivity contribution in [2.75, 3.05) is 32.0 Å². The van der Waals surface area contributed by atoms with Gasteiger partial charge in [-0.05, 0) is 38.9 Å². The lowest BCUT2D eigenvalue weighted by molar-refractivity contribution is -0.130. The van der Waals surface area contributed by atoms with Gasteiger partial charge in [-0.25, -0.2) is 9.97 Å². The molecule has 8 heteroatoms. The molecule has 0 aliphatic carbocycles. The number of rotatable bonds is 8. The molecule has 1 fully saturated rings. The molecule has 4 rings (SSSR count). The van der Waals surface area contributed by atoms with E-state index in [0.29, 0.717) is 29.6 Å². The summed E-state index contributed by atoms with van der Waals surface area (Å²) in [6, 6.07) is 8.20. The fraction of sp³-hybridized carbons (Fsp3) is 0.409. The summed E-state index contributed by atoms with van der Waals surface area (Å²) in [7, 11) is 1.93. The fourth-order valence-corrected chi connectivity index (χ4v) is 4.11. The van der Waals surface area contributed by atoms with Gasteiger partial charge in [-0.2, -0.15) is 0 Å². The largest absolute Gasteiger partial charge is 0.360 e. The van der Waals surface area contributed by atoms with Gasteiger partial charge in [-0.1, -0.05) is 29.8 Å². The molecule has 3 heterocycles. The SMILES string of the molecule is CNCCCCC(=O)N1CC[C@@H](Nc2ncc(Cl)c(-c3c[nH]c4ccccc34)n2)C1. The first-order valence-corrected chi connectivity index (χ1v) is 10.8. The average molecular weight is 427 g/mol. The number of halogens is 1. The van der Waals surface area contributed by atoms with Crippen LogP contribution in [0, 0.1) is 0 Å². The minimum atomic E-state index is 0.142. The van der Waals surface area contributed by atoms with Crippen molar-refractivity contribution in [2.24, 2.45) is 0 Å². The molecule has 158 valence electrons. The Hall–Kier alpha value is -2.64. The van der Waals surface area contributed by atoms with E-state index in [1.54, 1.807) is 6.20 Å². The van der Waals surface area contributed by atoms with Crippen molar-refractivity contribution < 1.29 is 4.79 Å². The molecule has 7 nitrogen and oxygen atoms in total. The van der Waals surface area contributed by atoms with Crippen LogP contribution in [-0.4, -0.2) is 58.5 Å². The van der Waals surface area contributed by atoms with Gasteiger partial charge in [0.2, 0.25) is 11.9 Å². The van der Waals surface area contributed by atoms with Gasteiger partial charge in [0.25, 0.3) is 0 Å². The number of carbonyl (C=O) groups is 1. The Morgan fingerprint density at radius 3 is 3.07 bits per heavy atom. The molecule has 30 heavy (non-hydrogen) atoms. The lowest BCUT2D eigenvalue weighted by Crippen LogP contribution is -2.31. The minimum absolute atomic E-state index is 0.142. The number of carbonyl (C=O) groups excluding carboxylic acids is 1. The number of likely N-dealkylation sites (tertiary alicyclic amines) is 1. The van der Waals surface area contributed by atoms with Crippen molar-refractivity contribution in [2.45, 2.75) is 31.7 Å². The van der Waals surface area contributed by atoms with E-state index in [2.05, 4.69) is 25.6 Å². The third-order valence-electron chi connectivity index (χ3n) is 5.53. The van der Waals surface area contributed by atoms with E-state index in [0.717, 1.165) is 48.8 Å². The van der Waals surface area contributed by atoms with Crippen LogP contribution in [0.1, 0.15) is 25.7 Å². The molecular formula is C22H27ClN6O. The van der Waals surface area contributed by atoms with Gasteiger partial charge in [-0.15, -0.1) is 0 Å². The Bertz CT molecular complexity index is 1020. The summed E-state index contributed by atoms with van der Waals surface area (Å²) in [6.45, 7) is 2.40. The van der Waals surface area contributed by atoms with Gasteiger partial charge < -0.3 is 20.5 Å². The van der Waals surface area contributed by atoms with E-state index in [9.17, 15) is 4.79 Å². The number of nitrogens with zero attached hydrogens (tertiary/aromatic N) is 3. The van der Waals surface area contributed by atoms with Gasteiger partial charge in [-0.3, -0.25) is 4.79 Å². The molecule has 0 unspecified atom stereocenters. The van der Waals surface area contributed by atoms with Crippen LogP contribution in [0.2, 0.25) is 5.02 Å². The summed E-state index contributed by atoms with van der Waals surface area (Å²) < 4.78 is 0. The molecular weight excluding hydrogens is 400 g/mol. The zero-order valence-corrected chi connectivity index (χ0v) is 17.9. The number of hydrogen-bond acceptors (Lipinski definition) is 5. The number of unbranched alkanes of at least 4 members (excludes halogenated alkanes) is 1. The summed E-state index contributed by atoms with van der Waals surface area (Å²) in [5.74, 6) is 0.764. The van der Waals surface area contributed by atoms with Crippen molar-refractivity contribution in [1.82, 2.24) is 25.2 Å². The van der Waals surface area contributed by atoms with E-state index in [-0.39, 0.29) is 11.9 Å². The van der Waals surface area contributed by atoms with Crippen molar-refractivity contribution in [3.63, 3.8) is 0 Å². The number of amides is 1. The first kappa shape index (κ1) is 20.6. The first-order chi connectivity index (χ1) is 14.7. The van der Waals surface area contributed by atoms with E-state index >= 15 is 0 Å². The quantitative estimate of drug-likeness (QED) is 0.478. The number of aromatic nitrogens is 3. The molecule has 1 aliphatic rings. The number of hydrogen-bond donors (Lipinski definition) is 3. The maximum Gasteiger partial charge on any atom is 0.223 e. The van der Waals surface area contributed by atoms with Crippen LogP contribution in [0.5, 0.6) is 0 Å². The molecule has 1 saturated heterocycles. The molecule has 0 bridgehead atoms. The monoisotopic (exact) mass is 426 g/mol. The molecule has 1 atom stereocenters. The van der Waals surface area contributed by atoms with Gasteiger partial charge >= 0.3 is 0 Å². The summed E-state index contributed by atoms with van der Waals surface area (Å²) in [6.07, 6.45) is 6.99. The maximum absolute atomic E-state index is 12.4. The molecule has 1 amide bonds. The number of para-hydroxylation sites is 1. The lowest BCUT2D eigenvalue weighted by atomic mass is 10.1. The zero-order chi connectivity index (χ0) is 20.9. The molecule has 0 spiro atoms. The number of benzene rings is 1. The highest BCUT2D eigenvalue weighted by atomic mass is 35.5.